The Hall–Kier alpha value is -2.55. The zero-order chi connectivity index (χ0) is 17.0. The molecule has 0 aliphatic carbocycles. The summed E-state index contributed by atoms with van der Waals surface area (Å²) in [6, 6.07) is 2.60. The van der Waals surface area contributed by atoms with Gasteiger partial charge in [-0.25, -0.2) is 9.59 Å². The van der Waals surface area contributed by atoms with Gasteiger partial charge in [0.05, 0.1) is 11.1 Å². The summed E-state index contributed by atoms with van der Waals surface area (Å²) >= 11 is 3.28. The van der Waals surface area contributed by atoms with E-state index in [-0.39, 0.29) is 11.4 Å². The molecule has 23 heavy (non-hydrogen) atoms. The van der Waals surface area contributed by atoms with Crippen molar-refractivity contribution in [2.75, 3.05) is 13.2 Å². The van der Waals surface area contributed by atoms with Crippen LogP contribution in [0.1, 0.15) is 12.5 Å². The van der Waals surface area contributed by atoms with Crippen LogP contribution in [0.4, 0.5) is 4.79 Å². The summed E-state index contributed by atoms with van der Waals surface area (Å²) in [4.78, 5) is 33.3. The fraction of sp³-hybridized carbons (Fsp3) is 0.214. The van der Waals surface area contributed by atoms with Crippen LogP contribution in [-0.2, 0) is 9.59 Å². The molecule has 1 aromatic carbocycles. The summed E-state index contributed by atoms with van der Waals surface area (Å²) in [6.07, 6.45) is 1.47. The molecule has 1 aliphatic heterocycles. The number of carboxylic acid groups (broad SMARTS) is 1. The molecule has 0 bridgehead atoms. The van der Waals surface area contributed by atoms with E-state index in [4.69, 9.17) is 14.6 Å². The van der Waals surface area contributed by atoms with Crippen molar-refractivity contribution in [3.63, 3.8) is 0 Å². The number of rotatable bonds is 6. The van der Waals surface area contributed by atoms with Gasteiger partial charge in [-0.15, -0.1) is 0 Å². The number of halogens is 1. The van der Waals surface area contributed by atoms with Gasteiger partial charge in [0.15, 0.2) is 18.1 Å². The number of nitrogens with one attached hydrogen (secondary N) is 2. The molecule has 0 radical (unpaired) electrons. The van der Waals surface area contributed by atoms with Crippen LogP contribution in [0.25, 0.3) is 6.08 Å². The predicted octanol–water partition coefficient (Wildman–Crippen LogP) is 1.49. The number of carbonyl (C=O) groups is 3. The first-order chi connectivity index (χ1) is 10.9. The molecule has 1 aromatic rings. The van der Waals surface area contributed by atoms with Crippen molar-refractivity contribution < 1.29 is 29.0 Å². The zero-order valence-electron chi connectivity index (χ0n) is 12.0. The van der Waals surface area contributed by atoms with E-state index >= 15 is 0 Å². The zero-order valence-corrected chi connectivity index (χ0v) is 13.6. The molecule has 1 saturated heterocycles. The van der Waals surface area contributed by atoms with Crippen molar-refractivity contribution in [2.45, 2.75) is 6.92 Å². The number of imide groups is 1. The van der Waals surface area contributed by atoms with Crippen LogP contribution in [-0.4, -0.2) is 36.2 Å². The maximum Gasteiger partial charge on any atom is 0.341 e. The smallest absolute Gasteiger partial charge is 0.341 e. The van der Waals surface area contributed by atoms with Crippen molar-refractivity contribution in [1.29, 1.82) is 0 Å². The number of urea groups is 1. The number of benzene rings is 1. The van der Waals surface area contributed by atoms with Crippen LogP contribution < -0.4 is 20.1 Å². The molecule has 1 fully saturated rings. The lowest BCUT2D eigenvalue weighted by molar-refractivity contribution is -0.139. The fourth-order valence-electron chi connectivity index (χ4n) is 1.86. The minimum Gasteiger partial charge on any atom is -0.490 e. The Morgan fingerprint density at radius 1 is 1.30 bits per heavy atom. The molecule has 9 heteroatoms. The molecule has 8 nitrogen and oxygen atoms in total. The van der Waals surface area contributed by atoms with Gasteiger partial charge in [-0.1, -0.05) is 0 Å². The molecule has 3 amide bonds. The summed E-state index contributed by atoms with van der Waals surface area (Å²) in [6.45, 7) is 1.59. The summed E-state index contributed by atoms with van der Waals surface area (Å²) in [5.74, 6) is -1.08. The second kappa shape index (κ2) is 7.14. The van der Waals surface area contributed by atoms with E-state index < -0.39 is 24.5 Å². The lowest BCUT2D eigenvalue weighted by Crippen LogP contribution is -2.22. The lowest BCUT2D eigenvalue weighted by Gasteiger charge is -2.13. The van der Waals surface area contributed by atoms with Crippen LogP contribution in [0.2, 0.25) is 0 Å². The molecular formula is C14H13BrN2O6. The molecule has 2 rings (SSSR count). The quantitative estimate of drug-likeness (QED) is 0.505. The van der Waals surface area contributed by atoms with Gasteiger partial charge in [0.25, 0.3) is 5.91 Å². The van der Waals surface area contributed by atoms with E-state index in [2.05, 4.69) is 26.6 Å². The van der Waals surface area contributed by atoms with Crippen LogP contribution in [0.3, 0.4) is 0 Å². The Bertz CT molecular complexity index is 701. The largest absolute Gasteiger partial charge is 0.490 e. The monoisotopic (exact) mass is 384 g/mol. The normalized spacial score (nSPS) is 15.3. The van der Waals surface area contributed by atoms with Crippen molar-refractivity contribution in [1.82, 2.24) is 10.6 Å². The molecule has 0 unspecified atom stereocenters. The van der Waals surface area contributed by atoms with E-state index in [0.717, 1.165) is 0 Å². The minimum absolute atomic E-state index is 0.101. The van der Waals surface area contributed by atoms with E-state index in [1.807, 2.05) is 0 Å². The minimum atomic E-state index is -1.11. The molecule has 3 N–H and O–H groups in total. The number of carbonyl (C=O) groups excluding carboxylic acids is 2. The predicted molar refractivity (Wildman–Crippen MR) is 83.1 cm³/mol. The van der Waals surface area contributed by atoms with Crippen molar-refractivity contribution in [3.05, 3.63) is 27.9 Å². The molecule has 122 valence electrons. The van der Waals surface area contributed by atoms with Crippen molar-refractivity contribution in [2.24, 2.45) is 0 Å². The second-order valence-corrected chi connectivity index (χ2v) is 5.27. The van der Waals surface area contributed by atoms with Gasteiger partial charge in [-0.05, 0) is 46.6 Å². The molecule has 1 heterocycles. The summed E-state index contributed by atoms with van der Waals surface area (Å²) in [5, 5.41) is 13.2. The third-order valence-electron chi connectivity index (χ3n) is 2.70. The fourth-order valence-corrected chi connectivity index (χ4v) is 2.43. The Kier molecular flexibility index (Phi) is 5.22. The summed E-state index contributed by atoms with van der Waals surface area (Å²) < 4.78 is 11.1. The van der Waals surface area contributed by atoms with Crippen molar-refractivity contribution in [3.8, 4) is 11.5 Å². The van der Waals surface area contributed by atoms with E-state index in [0.29, 0.717) is 22.4 Å². The Morgan fingerprint density at radius 2 is 2.04 bits per heavy atom. The van der Waals surface area contributed by atoms with Crippen LogP contribution in [0.5, 0.6) is 11.5 Å². The number of amides is 3. The van der Waals surface area contributed by atoms with Gasteiger partial charge >= 0.3 is 12.0 Å². The third-order valence-corrected chi connectivity index (χ3v) is 3.29. The van der Waals surface area contributed by atoms with Gasteiger partial charge in [-0.2, -0.15) is 0 Å². The summed E-state index contributed by atoms with van der Waals surface area (Å²) in [5.41, 5.74) is 0.666. The highest BCUT2D eigenvalue weighted by Crippen LogP contribution is 2.37. The first-order valence-electron chi connectivity index (χ1n) is 6.55. The second-order valence-electron chi connectivity index (χ2n) is 4.41. The van der Waals surface area contributed by atoms with Gasteiger partial charge in [-0.3, -0.25) is 10.1 Å². The topological polar surface area (TPSA) is 114 Å². The highest BCUT2D eigenvalue weighted by molar-refractivity contribution is 9.10. The number of carboxylic acids is 1. The van der Waals surface area contributed by atoms with Crippen LogP contribution in [0.15, 0.2) is 22.3 Å². The third kappa shape index (κ3) is 4.22. The van der Waals surface area contributed by atoms with Gasteiger partial charge < -0.3 is 19.9 Å². The highest BCUT2D eigenvalue weighted by Gasteiger charge is 2.23. The van der Waals surface area contributed by atoms with E-state index in [9.17, 15) is 14.4 Å². The standard InChI is InChI=1S/C14H13BrN2O6/c1-2-22-10-5-7(4-9-13(20)17-14(21)16-9)3-8(15)12(10)23-6-11(18)19/h3-5H,2,6H2,1H3,(H,18,19)(H2,16,17,20,21)/b9-4+. The number of hydrogen-bond acceptors (Lipinski definition) is 5. The maximum atomic E-state index is 11.5. The first kappa shape index (κ1) is 16.8. The Labute approximate surface area is 139 Å². The lowest BCUT2D eigenvalue weighted by atomic mass is 10.1. The van der Waals surface area contributed by atoms with E-state index in [1.165, 1.54) is 6.08 Å². The molecule has 0 aromatic heterocycles. The first-order valence-corrected chi connectivity index (χ1v) is 7.35. The number of aliphatic carboxylic acids is 1. The van der Waals surface area contributed by atoms with Crippen molar-refractivity contribution >= 4 is 39.9 Å². The highest BCUT2D eigenvalue weighted by atomic mass is 79.9. The number of hydrogen-bond donors (Lipinski definition) is 3. The molecule has 0 saturated carbocycles. The van der Waals surface area contributed by atoms with E-state index in [1.54, 1.807) is 19.1 Å². The van der Waals surface area contributed by atoms with Crippen LogP contribution >= 0.6 is 15.9 Å². The average molecular weight is 385 g/mol. The summed E-state index contributed by atoms with van der Waals surface area (Å²) in [7, 11) is 0. The molecule has 0 spiro atoms. The Morgan fingerprint density at radius 3 is 2.61 bits per heavy atom. The average Bonchev–Trinajstić information content (AvgIpc) is 2.76. The van der Waals surface area contributed by atoms with Gasteiger partial charge in [0.1, 0.15) is 5.70 Å². The Balaban J connectivity index is 2.35. The van der Waals surface area contributed by atoms with Gasteiger partial charge in [0, 0.05) is 0 Å². The SMILES string of the molecule is CCOc1cc(/C=C2/NC(=O)NC2=O)cc(Br)c1OCC(=O)O. The molecular weight excluding hydrogens is 372 g/mol. The van der Waals surface area contributed by atoms with Gasteiger partial charge in [0.2, 0.25) is 0 Å². The molecule has 0 atom stereocenters. The molecule has 1 aliphatic rings. The maximum absolute atomic E-state index is 11.5. The number of ether oxygens (including phenoxy) is 2. The van der Waals surface area contributed by atoms with Crippen LogP contribution in [0, 0.1) is 0 Å².